The molecular formula is C24H28N2O4. The van der Waals surface area contributed by atoms with E-state index in [1.807, 2.05) is 18.2 Å². The van der Waals surface area contributed by atoms with E-state index in [4.69, 9.17) is 14.6 Å². The molecule has 6 nitrogen and oxygen atoms in total. The normalized spacial score (nSPS) is 19.3. The van der Waals surface area contributed by atoms with E-state index in [0.717, 1.165) is 66.8 Å². The van der Waals surface area contributed by atoms with Crippen molar-refractivity contribution < 1.29 is 19.7 Å². The van der Waals surface area contributed by atoms with E-state index in [0.29, 0.717) is 19.1 Å². The fraction of sp³-hybridized carbons (Fsp3) is 0.458. The van der Waals surface area contributed by atoms with E-state index in [9.17, 15) is 5.11 Å². The van der Waals surface area contributed by atoms with Crippen LogP contribution in [0, 0.1) is 11.8 Å². The zero-order valence-corrected chi connectivity index (χ0v) is 17.1. The third-order valence-corrected chi connectivity index (χ3v) is 5.85. The first-order valence-electron chi connectivity index (χ1n) is 10.5. The average molecular weight is 408 g/mol. The van der Waals surface area contributed by atoms with Crippen LogP contribution in [0.2, 0.25) is 0 Å². The molecule has 1 aromatic heterocycles. The Labute approximate surface area is 177 Å². The van der Waals surface area contributed by atoms with Crippen LogP contribution < -0.4 is 10.1 Å². The number of nitrogens with one attached hydrogen (secondary N) is 1. The van der Waals surface area contributed by atoms with Crippen LogP contribution in [0.15, 0.2) is 36.7 Å². The Bertz CT molecular complexity index is 928. The summed E-state index contributed by atoms with van der Waals surface area (Å²) in [6.45, 7) is 1.43. The molecule has 1 fully saturated rings. The summed E-state index contributed by atoms with van der Waals surface area (Å²) in [7, 11) is 0. The van der Waals surface area contributed by atoms with Gasteiger partial charge in [-0.2, -0.15) is 0 Å². The number of benzene rings is 1. The number of nitrogens with zero attached hydrogens (tertiary/aromatic N) is 1. The van der Waals surface area contributed by atoms with Crippen LogP contribution in [-0.2, 0) is 11.3 Å². The molecule has 0 spiro atoms. The third kappa shape index (κ3) is 4.93. The lowest BCUT2D eigenvalue weighted by atomic mass is 9.92. The number of pyridine rings is 1. The van der Waals surface area contributed by atoms with Gasteiger partial charge in [0.1, 0.15) is 18.1 Å². The molecule has 1 aliphatic carbocycles. The average Bonchev–Trinajstić information content (AvgIpc) is 3.22. The lowest BCUT2D eigenvalue weighted by molar-refractivity contribution is -0.0110. The number of hydrogen-bond acceptors (Lipinski definition) is 6. The Balaban J connectivity index is 1.45. The van der Waals surface area contributed by atoms with Crippen molar-refractivity contribution in [2.24, 2.45) is 0 Å². The van der Waals surface area contributed by atoms with Crippen molar-refractivity contribution in [2.45, 2.75) is 50.2 Å². The highest BCUT2D eigenvalue weighted by Crippen LogP contribution is 2.35. The van der Waals surface area contributed by atoms with Crippen LogP contribution in [0.1, 0.15) is 54.7 Å². The summed E-state index contributed by atoms with van der Waals surface area (Å²) in [4.78, 5) is 4.19. The van der Waals surface area contributed by atoms with Crippen molar-refractivity contribution in [1.29, 1.82) is 0 Å². The van der Waals surface area contributed by atoms with Crippen LogP contribution in [-0.4, -0.2) is 40.7 Å². The van der Waals surface area contributed by atoms with Gasteiger partial charge in [0.15, 0.2) is 0 Å². The first-order chi connectivity index (χ1) is 14.7. The topological polar surface area (TPSA) is 83.8 Å². The van der Waals surface area contributed by atoms with Gasteiger partial charge < -0.3 is 25.0 Å². The summed E-state index contributed by atoms with van der Waals surface area (Å²) in [6.07, 6.45) is 8.02. The van der Waals surface area contributed by atoms with Crippen molar-refractivity contribution in [3.63, 3.8) is 0 Å². The van der Waals surface area contributed by atoms with E-state index in [-0.39, 0.29) is 6.79 Å². The van der Waals surface area contributed by atoms with Crippen LogP contribution >= 0.6 is 0 Å². The van der Waals surface area contributed by atoms with Gasteiger partial charge in [-0.05, 0) is 55.9 Å². The number of rotatable bonds is 6. The number of fused-ring (bicyclic) bond motifs is 1. The molecule has 3 N–H and O–H groups in total. The Morgan fingerprint density at radius 2 is 2.13 bits per heavy atom. The van der Waals surface area contributed by atoms with Gasteiger partial charge in [-0.3, -0.25) is 4.98 Å². The van der Waals surface area contributed by atoms with Crippen molar-refractivity contribution in [3.8, 4) is 17.6 Å². The maximum atomic E-state index is 10.4. The SMILES string of the molecule is OCOCc1ccncc1NC[C@H]1CCOc2cc(C#CC3(O)CCCC3)ccc21. The zero-order chi connectivity index (χ0) is 20.8. The molecule has 2 heterocycles. The Kier molecular flexibility index (Phi) is 6.53. The molecule has 0 saturated heterocycles. The lowest BCUT2D eigenvalue weighted by Crippen LogP contribution is -2.21. The number of ether oxygens (including phenoxy) is 2. The van der Waals surface area contributed by atoms with Crippen LogP contribution in [0.3, 0.4) is 0 Å². The van der Waals surface area contributed by atoms with Gasteiger partial charge in [0, 0.05) is 29.8 Å². The summed E-state index contributed by atoms with van der Waals surface area (Å²) < 4.78 is 11.0. The predicted molar refractivity (Wildman–Crippen MR) is 114 cm³/mol. The van der Waals surface area contributed by atoms with Gasteiger partial charge in [0.25, 0.3) is 0 Å². The molecule has 1 aromatic carbocycles. The molecule has 2 aromatic rings. The third-order valence-electron chi connectivity index (χ3n) is 5.85. The number of aliphatic hydroxyl groups excluding tert-OH is 1. The zero-order valence-electron chi connectivity index (χ0n) is 17.1. The molecule has 0 unspecified atom stereocenters. The smallest absolute Gasteiger partial charge is 0.144 e. The van der Waals surface area contributed by atoms with Gasteiger partial charge in [-0.25, -0.2) is 0 Å². The highest BCUT2D eigenvalue weighted by atomic mass is 16.6. The first-order valence-corrected chi connectivity index (χ1v) is 10.5. The minimum atomic E-state index is -0.829. The largest absolute Gasteiger partial charge is 0.493 e. The molecule has 1 saturated carbocycles. The molecule has 2 aliphatic rings. The van der Waals surface area contributed by atoms with E-state index in [1.165, 1.54) is 0 Å². The number of aromatic nitrogens is 1. The minimum absolute atomic E-state index is 0.307. The quantitative estimate of drug-likeness (QED) is 0.503. The first kappa shape index (κ1) is 20.7. The summed E-state index contributed by atoms with van der Waals surface area (Å²) in [5.74, 6) is 7.38. The molecule has 158 valence electrons. The molecule has 1 aliphatic heterocycles. The summed E-state index contributed by atoms with van der Waals surface area (Å²) in [5.41, 5.74) is 3.08. The molecule has 0 bridgehead atoms. The highest BCUT2D eigenvalue weighted by molar-refractivity contribution is 5.51. The maximum Gasteiger partial charge on any atom is 0.144 e. The van der Waals surface area contributed by atoms with Gasteiger partial charge >= 0.3 is 0 Å². The molecular weight excluding hydrogens is 380 g/mol. The lowest BCUT2D eigenvalue weighted by Gasteiger charge is -2.27. The number of hydrogen-bond donors (Lipinski definition) is 3. The Morgan fingerprint density at radius 1 is 1.27 bits per heavy atom. The minimum Gasteiger partial charge on any atom is -0.493 e. The fourth-order valence-electron chi connectivity index (χ4n) is 4.12. The van der Waals surface area contributed by atoms with E-state index < -0.39 is 5.60 Å². The second kappa shape index (κ2) is 9.48. The second-order valence-corrected chi connectivity index (χ2v) is 7.97. The van der Waals surface area contributed by atoms with E-state index in [1.54, 1.807) is 12.4 Å². The van der Waals surface area contributed by atoms with Crippen LogP contribution in [0.25, 0.3) is 0 Å². The van der Waals surface area contributed by atoms with E-state index >= 15 is 0 Å². The molecule has 1 atom stereocenters. The number of anilines is 1. The van der Waals surface area contributed by atoms with E-state index in [2.05, 4.69) is 28.2 Å². The molecule has 6 heteroatoms. The summed E-state index contributed by atoms with van der Waals surface area (Å²) in [5, 5.41) is 22.8. The predicted octanol–water partition coefficient (Wildman–Crippen LogP) is 3.18. The van der Waals surface area contributed by atoms with Gasteiger partial charge in [0.05, 0.1) is 25.1 Å². The summed E-state index contributed by atoms with van der Waals surface area (Å²) in [6, 6.07) is 7.97. The van der Waals surface area contributed by atoms with Crippen molar-refractivity contribution in [2.75, 3.05) is 25.3 Å². The second-order valence-electron chi connectivity index (χ2n) is 7.97. The molecule has 0 radical (unpaired) electrons. The van der Waals surface area contributed by atoms with Crippen molar-refractivity contribution in [1.82, 2.24) is 4.98 Å². The van der Waals surface area contributed by atoms with Gasteiger partial charge in [-0.1, -0.05) is 17.9 Å². The standard InChI is InChI=1S/C24H28N2O4/c27-17-29-16-20-6-11-25-15-22(20)26-14-19-7-12-30-23-13-18(3-4-21(19)23)5-10-24(28)8-1-2-9-24/h3-4,6,11,13,15,19,26-28H,1-2,7-9,12,14,16-17H2/t19-/m1/s1. The maximum absolute atomic E-state index is 10.4. The van der Waals surface area contributed by atoms with Crippen molar-refractivity contribution >= 4 is 5.69 Å². The highest BCUT2D eigenvalue weighted by Gasteiger charge is 2.28. The van der Waals surface area contributed by atoms with Gasteiger partial charge in [0.2, 0.25) is 0 Å². The summed E-state index contributed by atoms with van der Waals surface area (Å²) >= 11 is 0. The Morgan fingerprint density at radius 3 is 2.97 bits per heavy atom. The number of aliphatic hydroxyl groups is 2. The fourth-order valence-corrected chi connectivity index (χ4v) is 4.12. The molecule has 4 rings (SSSR count). The van der Waals surface area contributed by atoms with Crippen molar-refractivity contribution in [3.05, 3.63) is 53.3 Å². The van der Waals surface area contributed by atoms with Crippen LogP contribution in [0.5, 0.6) is 5.75 Å². The molecule has 30 heavy (non-hydrogen) atoms. The van der Waals surface area contributed by atoms with Crippen LogP contribution in [0.4, 0.5) is 5.69 Å². The van der Waals surface area contributed by atoms with Gasteiger partial charge in [-0.15, -0.1) is 0 Å². The Hall–Kier alpha value is -2.59. The molecule has 0 amide bonds. The monoisotopic (exact) mass is 408 g/mol.